The van der Waals surface area contributed by atoms with Crippen LogP contribution in [0.5, 0.6) is 0 Å². The van der Waals surface area contributed by atoms with Crippen molar-refractivity contribution in [1.82, 2.24) is 0 Å². The summed E-state index contributed by atoms with van der Waals surface area (Å²) in [6.07, 6.45) is 3.45. The maximum atomic E-state index is 9.23. The first-order chi connectivity index (χ1) is 4.84. The normalized spacial score (nSPS) is 19.6. The van der Waals surface area contributed by atoms with Crippen LogP contribution in [0.4, 0.5) is 0 Å². The lowest BCUT2D eigenvalue weighted by Crippen LogP contribution is -2.21. The fraction of sp³-hybridized carbons (Fsp3) is 0.286. The fourth-order valence-corrected chi connectivity index (χ4v) is 2.16. The van der Waals surface area contributed by atoms with Crippen molar-refractivity contribution in [3.05, 3.63) is 21.8 Å². The fourth-order valence-electron chi connectivity index (χ4n) is 0.674. The molecule has 56 valence electrons. The summed E-state index contributed by atoms with van der Waals surface area (Å²) < 4.78 is 4.24. The molecule has 3 heteroatoms. The van der Waals surface area contributed by atoms with Crippen molar-refractivity contribution in [2.75, 3.05) is 6.54 Å². The zero-order chi connectivity index (χ0) is 7.40. The Labute approximate surface area is 70.2 Å². The topological polar surface area (TPSA) is 46.2 Å². The number of allylic oxidation sites excluding steroid dienone is 1. The Morgan fingerprint density at radius 3 is 3.00 bits per heavy atom. The molecule has 0 aliphatic carbocycles. The molecule has 1 atom stereocenters. The molecular weight excluding hydrogens is 241 g/mol. The summed E-state index contributed by atoms with van der Waals surface area (Å²) in [5.41, 5.74) is 6.21. The van der Waals surface area contributed by atoms with Gasteiger partial charge >= 0.3 is 0 Å². The van der Waals surface area contributed by atoms with Gasteiger partial charge < -0.3 is 10.8 Å². The van der Waals surface area contributed by atoms with Gasteiger partial charge in [0, 0.05) is 6.54 Å². The number of halogens is 1. The molecule has 10 heavy (non-hydrogen) atoms. The molecule has 0 spiro atoms. The Morgan fingerprint density at radius 2 is 2.50 bits per heavy atom. The number of hydrogen-bond acceptors (Lipinski definition) is 2. The van der Waals surface area contributed by atoms with Crippen molar-refractivity contribution in [2.24, 2.45) is 5.73 Å². The zero-order valence-electron chi connectivity index (χ0n) is 5.50. The highest BCUT2D eigenvalue weighted by Gasteiger charge is 2.04. The Hall–Kier alpha value is -0.0000000000000000555. The second-order valence-electron chi connectivity index (χ2n) is 1.96. The lowest BCUT2D eigenvalue weighted by Gasteiger charge is -2.08. The van der Waals surface area contributed by atoms with Crippen LogP contribution in [0.15, 0.2) is 21.8 Å². The second-order valence-corrected chi connectivity index (χ2v) is 4.12. The van der Waals surface area contributed by atoms with Gasteiger partial charge in [-0.3, -0.25) is 0 Å². The molecule has 1 unspecified atom stereocenters. The van der Waals surface area contributed by atoms with E-state index in [2.05, 4.69) is 8.09 Å². The van der Waals surface area contributed by atoms with Crippen LogP contribution in [0, 0.1) is 0 Å². The predicted molar refractivity (Wildman–Crippen MR) is 52.4 cm³/mol. The molecule has 0 aromatic rings. The number of rotatable bonds is 2. The zero-order valence-corrected chi connectivity index (χ0v) is 7.65. The number of aliphatic hydroxyl groups excluding tert-OH is 1. The van der Waals surface area contributed by atoms with E-state index in [4.69, 9.17) is 5.73 Å². The minimum atomic E-state index is -0.475. The van der Waals surface area contributed by atoms with Gasteiger partial charge in [0.2, 0.25) is 0 Å². The molecule has 1 aliphatic heterocycles. The van der Waals surface area contributed by atoms with Crippen LogP contribution >= 0.6 is 20.7 Å². The monoisotopic (exact) mass is 251 g/mol. The van der Waals surface area contributed by atoms with Gasteiger partial charge in [0.05, 0.1) is 6.10 Å². The van der Waals surface area contributed by atoms with Crippen molar-refractivity contribution >= 4 is 24.7 Å². The molecule has 0 saturated heterocycles. The third-order valence-corrected chi connectivity index (χ3v) is 2.81. The van der Waals surface area contributed by atoms with Crippen LogP contribution in [-0.2, 0) is 0 Å². The molecule has 0 radical (unpaired) electrons. The predicted octanol–water partition coefficient (Wildman–Crippen LogP) is 0.533. The molecule has 1 rings (SSSR count). The Kier molecular flexibility index (Phi) is 3.24. The van der Waals surface area contributed by atoms with E-state index >= 15 is 0 Å². The number of aliphatic hydroxyl groups is 1. The SMILES string of the molecule is NCC(O)C1=CC=IC=C1. The lowest BCUT2D eigenvalue weighted by atomic mass is 10.1. The Bertz CT molecular complexity index is 196. The largest absolute Gasteiger partial charge is 0.387 e. The molecule has 0 aromatic heterocycles. The highest BCUT2D eigenvalue weighted by molar-refractivity contribution is 14.2. The summed E-state index contributed by atoms with van der Waals surface area (Å²) in [5, 5.41) is 9.23. The van der Waals surface area contributed by atoms with Crippen LogP contribution in [0.2, 0.25) is 0 Å². The molecule has 1 aliphatic rings. The van der Waals surface area contributed by atoms with Crippen LogP contribution in [-0.4, -0.2) is 21.8 Å². The first-order valence-electron chi connectivity index (χ1n) is 3.04. The third-order valence-electron chi connectivity index (χ3n) is 1.26. The highest BCUT2D eigenvalue weighted by Crippen LogP contribution is 2.12. The van der Waals surface area contributed by atoms with E-state index in [1.165, 1.54) is 0 Å². The molecule has 0 bridgehead atoms. The second kappa shape index (κ2) is 4.00. The van der Waals surface area contributed by atoms with Gasteiger partial charge in [-0.25, -0.2) is 0 Å². The number of nitrogens with two attached hydrogens (primary N) is 1. The van der Waals surface area contributed by atoms with E-state index in [9.17, 15) is 5.11 Å². The van der Waals surface area contributed by atoms with Gasteiger partial charge in [0.1, 0.15) is 0 Å². The molecule has 1 heterocycles. The minimum Gasteiger partial charge on any atom is -0.387 e. The van der Waals surface area contributed by atoms with Gasteiger partial charge in [-0.1, -0.05) is 32.9 Å². The van der Waals surface area contributed by atoms with Crippen molar-refractivity contribution in [3.8, 4) is 0 Å². The molecule has 0 amide bonds. The van der Waals surface area contributed by atoms with Gasteiger partial charge in [0.15, 0.2) is 0 Å². The van der Waals surface area contributed by atoms with Crippen LogP contribution in [0.25, 0.3) is 0 Å². The third kappa shape index (κ3) is 2.00. The van der Waals surface area contributed by atoms with Crippen molar-refractivity contribution in [3.63, 3.8) is 0 Å². The molecule has 0 fully saturated rings. The van der Waals surface area contributed by atoms with Crippen molar-refractivity contribution in [2.45, 2.75) is 6.10 Å². The smallest absolute Gasteiger partial charge is 0.0912 e. The van der Waals surface area contributed by atoms with Crippen molar-refractivity contribution in [1.29, 1.82) is 0 Å². The van der Waals surface area contributed by atoms with E-state index in [0.717, 1.165) is 5.57 Å². The first kappa shape index (κ1) is 8.10. The minimum absolute atomic E-state index is 0.123. The van der Waals surface area contributed by atoms with Gasteiger partial charge in [-0.2, -0.15) is 0 Å². The molecule has 0 saturated carbocycles. The van der Waals surface area contributed by atoms with E-state index < -0.39 is 6.10 Å². The summed E-state index contributed by atoms with van der Waals surface area (Å²) in [4.78, 5) is 0. The maximum Gasteiger partial charge on any atom is 0.0912 e. The summed E-state index contributed by atoms with van der Waals surface area (Å²) in [5.74, 6) is 0. The van der Waals surface area contributed by atoms with Crippen molar-refractivity contribution < 1.29 is 5.11 Å². The van der Waals surface area contributed by atoms with Crippen LogP contribution in [0.3, 0.4) is 0 Å². The van der Waals surface area contributed by atoms with E-state index in [0.29, 0.717) is 6.54 Å². The average molecular weight is 251 g/mol. The lowest BCUT2D eigenvalue weighted by molar-refractivity contribution is 0.223. The quantitative estimate of drug-likeness (QED) is 0.703. The standard InChI is InChI=1S/C7H10INO/c9-5-7(10)6-1-3-8-4-2-6/h1-4,7,10H,5,9H2. The molecular formula is C7H10INO. The summed E-state index contributed by atoms with van der Waals surface area (Å²) in [6, 6.07) is 0. The molecule has 3 N–H and O–H groups in total. The summed E-state index contributed by atoms with van der Waals surface area (Å²) in [7, 11) is 0. The van der Waals surface area contributed by atoms with Gasteiger partial charge in [-0.05, 0) is 13.7 Å². The number of hydrogen-bond donors (Lipinski definition) is 2. The van der Waals surface area contributed by atoms with Gasteiger partial charge in [-0.15, -0.1) is 0 Å². The van der Waals surface area contributed by atoms with Gasteiger partial charge in [0.25, 0.3) is 0 Å². The van der Waals surface area contributed by atoms with Crippen LogP contribution < -0.4 is 5.73 Å². The van der Waals surface area contributed by atoms with E-state index in [1.54, 1.807) is 0 Å². The van der Waals surface area contributed by atoms with E-state index in [1.807, 2.05) is 12.2 Å². The van der Waals surface area contributed by atoms with Crippen LogP contribution in [0.1, 0.15) is 0 Å². The highest BCUT2D eigenvalue weighted by atomic mass is 127. The van der Waals surface area contributed by atoms with E-state index in [-0.39, 0.29) is 20.7 Å². The Balaban J connectivity index is 2.65. The summed E-state index contributed by atoms with van der Waals surface area (Å²) >= 11 is 0.123. The average Bonchev–Trinajstić information content (AvgIpc) is 2.05. The molecule has 0 aromatic carbocycles. The first-order valence-corrected chi connectivity index (χ1v) is 5.54. The molecule has 2 nitrogen and oxygen atoms in total. The summed E-state index contributed by atoms with van der Waals surface area (Å²) in [6.45, 7) is 0.308. The Morgan fingerprint density at radius 1 is 1.70 bits per heavy atom. The maximum absolute atomic E-state index is 9.23.